The molecule has 4 heteroatoms. The summed E-state index contributed by atoms with van der Waals surface area (Å²) in [5.41, 5.74) is 6.90. The Morgan fingerprint density at radius 1 is 1.35 bits per heavy atom. The van der Waals surface area contributed by atoms with E-state index in [0.29, 0.717) is 10.0 Å². The summed E-state index contributed by atoms with van der Waals surface area (Å²) in [6.45, 7) is 6.44. The van der Waals surface area contributed by atoms with Gasteiger partial charge in [0.05, 0.1) is 10.5 Å². The monoisotopic (exact) mass is 342 g/mol. The van der Waals surface area contributed by atoms with Crippen molar-refractivity contribution in [3.63, 3.8) is 0 Å². The molecule has 2 rings (SSSR count). The molecule has 1 aromatic rings. The van der Waals surface area contributed by atoms with Crippen molar-refractivity contribution in [1.82, 2.24) is 4.90 Å². The summed E-state index contributed by atoms with van der Waals surface area (Å²) in [5.74, 6) is -0.225. The van der Waals surface area contributed by atoms with E-state index in [0.717, 1.165) is 19.5 Å². The van der Waals surface area contributed by atoms with Crippen LogP contribution in [0.5, 0.6) is 0 Å². The molecular formula is C16H24BrFN2. The number of hydrogen-bond acceptors (Lipinski definition) is 2. The van der Waals surface area contributed by atoms with Gasteiger partial charge in [-0.3, -0.25) is 4.90 Å². The fraction of sp³-hybridized carbons (Fsp3) is 0.625. The highest BCUT2D eigenvalue weighted by atomic mass is 79.9. The van der Waals surface area contributed by atoms with Crippen molar-refractivity contribution in [3.8, 4) is 0 Å². The third-order valence-corrected chi connectivity index (χ3v) is 5.39. The molecule has 0 spiro atoms. The first kappa shape index (κ1) is 15.9. The normalized spacial score (nSPS) is 21.4. The maximum absolute atomic E-state index is 14.3. The molecule has 0 aliphatic carbocycles. The first-order valence-electron chi connectivity index (χ1n) is 7.45. The van der Waals surface area contributed by atoms with Gasteiger partial charge < -0.3 is 5.73 Å². The van der Waals surface area contributed by atoms with E-state index >= 15 is 0 Å². The minimum atomic E-state index is -0.317. The van der Waals surface area contributed by atoms with Crippen molar-refractivity contribution in [3.05, 3.63) is 34.1 Å². The average Bonchev–Trinajstić information content (AvgIpc) is 2.49. The van der Waals surface area contributed by atoms with Crippen molar-refractivity contribution in [2.45, 2.75) is 51.1 Å². The van der Waals surface area contributed by atoms with E-state index in [-0.39, 0.29) is 17.4 Å². The summed E-state index contributed by atoms with van der Waals surface area (Å²) in [6.07, 6.45) is 4.63. The Labute approximate surface area is 129 Å². The Balaban J connectivity index is 2.32. The molecule has 2 N–H and O–H groups in total. The summed E-state index contributed by atoms with van der Waals surface area (Å²) in [4.78, 5) is 2.45. The van der Waals surface area contributed by atoms with Crippen molar-refractivity contribution in [2.75, 3.05) is 13.1 Å². The van der Waals surface area contributed by atoms with E-state index in [4.69, 9.17) is 5.73 Å². The van der Waals surface area contributed by atoms with Crippen molar-refractivity contribution >= 4 is 15.9 Å². The first-order valence-corrected chi connectivity index (χ1v) is 8.24. The van der Waals surface area contributed by atoms with E-state index in [1.54, 1.807) is 6.07 Å². The summed E-state index contributed by atoms with van der Waals surface area (Å²) in [5, 5.41) is 0. The highest BCUT2D eigenvalue weighted by Gasteiger charge is 2.38. The molecule has 1 aliphatic heterocycles. The van der Waals surface area contributed by atoms with Gasteiger partial charge in [0.25, 0.3) is 0 Å². The SMILES string of the molecule is CCC(C)(C(N)c1cccc(Br)c1F)N1CCCCC1. The quantitative estimate of drug-likeness (QED) is 0.886. The van der Waals surface area contributed by atoms with Gasteiger partial charge in [0.1, 0.15) is 5.82 Å². The average molecular weight is 343 g/mol. The molecule has 1 aromatic carbocycles. The van der Waals surface area contributed by atoms with Crippen molar-refractivity contribution in [2.24, 2.45) is 5.73 Å². The van der Waals surface area contributed by atoms with Crippen LogP contribution >= 0.6 is 15.9 Å². The highest BCUT2D eigenvalue weighted by Crippen LogP contribution is 2.36. The van der Waals surface area contributed by atoms with Gasteiger partial charge in [-0.05, 0) is 61.3 Å². The fourth-order valence-corrected chi connectivity index (χ4v) is 3.52. The number of benzene rings is 1. The summed E-state index contributed by atoms with van der Waals surface area (Å²) < 4.78 is 14.8. The zero-order valence-electron chi connectivity index (χ0n) is 12.3. The molecule has 0 aromatic heterocycles. The lowest BCUT2D eigenvalue weighted by atomic mass is 9.82. The maximum Gasteiger partial charge on any atom is 0.142 e. The third kappa shape index (κ3) is 2.92. The lowest BCUT2D eigenvalue weighted by Crippen LogP contribution is -2.54. The van der Waals surface area contributed by atoms with E-state index in [1.165, 1.54) is 19.3 Å². The van der Waals surface area contributed by atoms with Crippen LogP contribution in [0.15, 0.2) is 22.7 Å². The molecule has 112 valence electrons. The number of nitrogens with zero attached hydrogens (tertiary/aromatic N) is 1. The zero-order valence-corrected chi connectivity index (χ0v) is 13.9. The topological polar surface area (TPSA) is 29.3 Å². The van der Waals surface area contributed by atoms with Gasteiger partial charge in [0.2, 0.25) is 0 Å². The zero-order chi connectivity index (χ0) is 14.8. The molecule has 2 unspecified atom stereocenters. The van der Waals surface area contributed by atoms with Gasteiger partial charge in [-0.1, -0.05) is 25.5 Å². The second-order valence-corrected chi connectivity index (χ2v) is 6.73. The molecular weight excluding hydrogens is 319 g/mol. The Morgan fingerprint density at radius 2 is 2.00 bits per heavy atom. The lowest BCUT2D eigenvalue weighted by molar-refractivity contribution is 0.0532. The van der Waals surface area contributed by atoms with Gasteiger partial charge in [-0.2, -0.15) is 0 Å². The van der Waals surface area contributed by atoms with Crippen LogP contribution in [0.1, 0.15) is 51.1 Å². The fourth-order valence-electron chi connectivity index (χ4n) is 3.14. The number of piperidine rings is 1. The molecule has 20 heavy (non-hydrogen) atoms. The minimum Gasteiger partial charge on any atom is -0.322 e. The molecule has 0 amide bonds. The molecule has 0 radical (unpaired) electrons. The maximum atomic E-state index is 14.3. The van der Waals surface area contributed by atoms with Crippen LogP contribution in [-0.4, -0.2) is 23.5 Å². The van der Waals surface area contributed by atoms with Gasteiger partial charge in [0, 0.05) is 11.1 Å². The Hall–Kier alpha value is -0.450. The Kier molecular flexibility index (Phi) is 5.21. The van der Waals surface area contributed by atoms with Gasteiger partial charge in [-0.25, -0.2) is 4.39 Å². The predicted octanol–water partition coefficient (Wildman–Crippen LogP) is 4.24. The van der Waals surface area contributed by atoms with E-state index < -0.39 is 0 Å². The van der Waals surface area contributed by atoms with Crippen LogP contribution < -0.4 is 5.73 Å². The van der Waals surface area contributed by atoms with E-state index in [1.807, 2.05) is 12.1 Å². The second kappa shape index (κ2) is 6.54. The van der Waals surface area contributed by atoms with Crippen LogP contribution in [0.4, 0.5) is 4.39 Å². The number of nitrogens with two attached hydrogens (primary N) is 1. The van der Waals surface area contributed by atoms with Crippen LogP contribution in [0, 0.1) is 5.82 Å². The molecule has 0 saturated carbocycles. The van der Waals surface area contributed by atoms with Gasteiger partial charge >= 0.3 is 0 Å². The third-order valence-electron chi connectivity index (χ3n) is 4.78. The molecule has 1 aliphatic rings. The smallest absolute Gasteiger partial charge is 0.142 e. The Bertz CT molecular complexity index is 460. The van der Waals surface area contributed by atoms with Crippen LogP contribution in [-0.2, 0) is 0 Å². The largest absolute Gasteiger partial charge is 0.322 e. The summed E-state index contributed by atoms with van der Waals surface area (Å²) in [6, 6.07) is 5.07. The van der Waals surface area contributed by atoms with Crippen LogP contribution in [0.25, 0.3) is 0 Å². The Morgan fingerprint density at radius 3 is 2.60 bits per heavy atom. The highest BCUT2D eigenvalue weighted by molar-refractivity contribution is 9.10. The minimum absolute atomic E-state index is 0.192. The van der Waals surface area contributed by atoms with Gasteiger partial charge in [0.15, 0.2) is 0 Å². The summed E-state index contributed by atoms with van der Waals surface area (Å²) >= 11 is 3.25. The first-order chi connectivity index (χ1) is 9.50. The molecule has 2 atom stereocenters. The number of hydrogen-bond donors (Lipinski definition) is 1. The van der Waals surface area contributed by atoms with Gasteiger partial charge in [-0.15, -0.1) is 0 Å². The predicted molar refractivity (Wildman–Crippen MR) is 85.1 cm³/mol. The number of likely N-dealkylation sites (tertiary alicyclic amines) is 1. The van der Waals surface area contributed by atoms with E-state index in [2.05, 4.69) is 34.7 Å². The van der Waals surface area contributed by atoms with E-state index in [9.17, 15) is 4.39 Å². The number of rotatable bonds is 4. The second-order valence-electron chi connectivity index (χ2n) is 5.88. The van der Waals surface area contributed by atoms with Crippen LogP contribution in [0.3, 0.4) is 0 Å². The molecule has 2 nitrogen and oxygen atoms in total. The standard InChI is InChI=1S/C16H24BrFN2/c1-3-16(2,20-10-5-4-6-11-20)15(19)12-8-7-9-13(17)14(12)18/h7-9,15H,3-6,10-11,19H2,1-2H3. The molecule has 1 fully saturated rings. The molecule has 1 heterocycles. The lowest BCUT2D eigenvalue weighted by Gasteiger charge is -2.47. The van der Waals surface area contributed by atoms with Crippen LogP contribution in [0.2, 0.25) is 0 Å². The summed E-state index contributed by atoms with van der Waals surface area (Å²) in [7, 11) is 0. The molecule has 1 saturated heterocycles. The van der Waals surface area contributed by atoms with Crippen molar-refractivity contribution < 1.29 is 4.39 Å². The molecule has 0 bridgehead atoms. The van der Waals surface area contributed by atoms with Crippen molar-refractivity contribution in [1.29, 1.82) is 0 Å². The number of halogens is 2.